The predicted molar refractivity (Wildman–Crippen MR) is 139 cm³/mol. The van der Waals surface area contributed by atoms with Gasteiger partial charge in [-0.25, -0.2) is 14.8 Å². The highest BCUT2D eigenvalue weighted by Crippen LogP contribution is 2.24. The first-order valence-corrected chi connectivity index (χ1v) is 11.4. The van der Waals surface area contributed by atoms with E-state index in [0.29, 0.717) is 17.4 Å². The maximum Gasteiger partial charge on any atom is 0.410 e. The van der Waals surface area contributed by atoms with Crippen LogP contribution in [-0.2, 0) is 9.53 Å². The van der Waals surface area contributed by atoms with Crippen molar-refractivity contribution in [2.75, 3.05) is 19.5 Å². The minimum Gasteiger partial charge on any atom is -0.481 e. The van der Waals surface area contributed by atoms with Crippen LogP contribution in [0, 0.1) is 11.8 Å². The zero-order valence-electron chi connectivity index (χ0n) is 21.3. The Hall–Kier alpha value is -4.38. The second-order valence-electron chi connectivity index (χ2n) is 9.09. The number of nitrogens with zero attached hydrogens (tertiary/aromatic N) is 3. The predicted octanol–water partition coefficient (Wildman–Crippen LogP) is 4.75. The first-order chi connectivity index (χ1) is 17.1. The number of rotatable bonds is 5. The fourth-order valence-electron chi connectivity index (χ4n) is 3.05. The average Bonchev–Trinajstić information content (AvgIpc) is 2.86. The Morgan fingerprint density at radius 1 is 1.03 bits per heavy atom. The van der Waals surface area contributed by atoms with Gasteiger partial charge in [-0.05, 0) is 69.5 Å². The second kappa shape index (κ2) is 11.4. The molecule has 1 N–H and O–H groups in total. The SMILES string of the molecule is COc1ccc(-c2cc(C#Cc3ccccc3)nc(NC(=O)C(C)N(C)C(=O)OC(C)(C)C)c2)cn1. The molecule has 0 fully saturated rings. The minimum atomic E-state index is -0.799. The number of methoxy groups -OCH3 is 1. The summed E-state index contributed by atoms with van der Waals surface area (Å²) in [6.07, 6.45) is 1.08. The first kappa shape index (κ1) is 26.2. The highest BCUT2D eigenvalue weighted by Gasteiger charge is 2.27. The Bertz CT molecular complexity index is 1270. The number of likely N-dealkylation sites (N-methyl/N-ethyl adjacent to an activating group) is 1. The lowest BCUT2D eigenvalue weighted by atomic mass is 10.1. The van der Waals surface area contributed by atoms with Crippen molar-refractivity contribution in [1.29, 1.82) is 0 Å². The fraction of sp³-hybridized carbons (Fsp3) is 0.286. The van der Waals surface area contributed by atoms with Crippen LogP contribution in [0.1, 0.15) is 39.0 Å². The lowest BCUT2D eigenvalue weighted by molar-refractivity contribution is -0.120. The van der Waals surface area contributed by atoms with Crippen LogP contribution in [0.3, 0.4) is 0 Å². The molecule has 2 aromatic heterocycles. The summed E-state index contributed by atoms with van der Waals surface area (Å²) in [4.78, 5) is 35.4. The summed E-state index contributed by atoms with van der Waals surface area (Å²) in [6, 6.07) is 15.9. The van der Waals surface area contributed by atoms with Crippen molar-refractivity contribution < 1.29 is 19.1 Å². The molecule has 0 aliphatic heterocycles. The van der Waals surface area contributed by atoms with Crippen LogP contribution in [-0.4, -0.2) is 52.7 Å². The van der Waals surface area contributed by atoms with E-state index in [1.54, 1.807) is 53.1 Å². The third kappa shape index (κ3) is 7.31. The quantitative estimate of drug-likeness (QED) is 0.524. The van der Waals surface area contributed by atoms with Gasteiger partial charge in [0.1, 0.15) is 23.2 Å². The van der Waals surface area contributed by atoms with E-state index in [-0.39, 0.29) is 0 Å². The summed E-state index contributed by atoms with van der Waals surface area (Å²) in [6.45, 7) is 6.92. The van der Waals surface area contributed by atoms with Gasteiger partial charge < -0.3 is 14.8 Å². The van der Waals surface area contributed by atoms with Crippen LogP contribution in [0.15, 0.2) is 60.8 Å². The van der Waals surface area contributed by atoms with Gasteiger partial charge in [-0.15, -0.1) is 0 Å². The standard InChI is InChI=1S/C28H30N4O4/c1-19(32(5)27(34)36-28(2,3)4)26(33)31-24-17-22(21-13-15-25(35-6)29-18-21)16-23(30-24)14-12-20-10-8-7-9-11-20/h7-11,13,15-19H,1-6H3,(H,30,31,33). The molecule has 8 nitrogen and oxygen atoms in total. The van der Waals surface area contributed by atoms with E-state index in [4.69, 9.17) is 9.47 Å². The van der Waals surface area contributed by atoms with Crippen molar-refractivity contribution in [3.8, 4) is 28.8 Å². The molecule has 0 saturated heterocycles. The first-order valence-electron chi connectivity index (χ1n) is 11.4. The van der Waals surface area contributed by atoms with Crippen LogP contribution < -0.4 is 10.1 Å². The topological polar surface area (TPSA) is 93.7 Å². The number of hydrogen-bond acceptors (Lipinski definition) is 6. The molecule has 1 atom stereocenters. The number of pyridine rings is 2. The summed E-state index contributed by atoms with van der Waals surface area (Å²) in [5.41, 5.74) is 2.21. The Morgan fingerprint density at radius 3 is 2.36 bits per heavy atom. The Balaban J connectivity index is 1.90. The molecular weight excluding hydrogens is 456 g/mol. The molecule has 8 heteroatoms. The summed E-state index contributed by atoms with van der Waals surface area (Å²) in [7, 11) is 3.07. The van der Waals surface area contributed by atoms with E-state index >= 15 is 0 Å². The molecule has 0 bridgehead atoms. The van der Waals surface area contributed by atoms with Crippen molar-refractivity contribution >= 4 is 17.8 Å². The molecule has 1 unspecified atom stereocenters. The van der Waals surface area contributed by atoms with Crippen LogP contribution in [0.2, 0.25) is 0 Å². The molecular formula is C28H30N4O4. The summed E-state index contributed by atoms with van der Waals surface area (Å²) < 4.78 is 10.5. The van der Waals surface area contributed by atoms with Gasteiger partial charge in [-0.2, -0.15) is 0 Å². The third-order valence-corrected chi connectivity index (χ3v) is 5.11. The molecule has 36 heavy (non-hydrogen) atoms. The Morgan fingerprint density at radius 2 is 1.75 bits per heavy atom. The van der Waals surface area contributed by atoms with E-state index in [1.807, 2.05) is 42.5 Å². The van der Waals surface area contributed by atoms with Crippen molar-refractivity contribution in [2.24, 2.45) is 0 Å². The van der Waals surface area contributed by atoms with E-state index < -0.39 is 23.6 Å². The van der Waals surface area contributed by atoms with Gasteiger partial charge >= 0.3 is 6.09 Å². The number of amides is 2. The van der Waals surface area contributed by atoms with E-state index in [9.17, 15) is 9.59 Å². The van der Waals surface area contributed by atoms with Gasteiger partial charge in [0.2, 0.25) is 11.8 Å². The van der Waals surface area contributed by atoms with E-state index in [1.165, 1.54) is 11.9 Å². The highest BCUT2D eigenvalue weighted by molar-refractivity contribution is 5.96. The zero-order valence-corrected chi connectivity index (χ0v) is 21.3. The number of nitrogens with one attached hydrogen (secondary N) is 1. The number of carbonyl (C=O) groups excluding carboxylic acids is 2. The molecule has 0 aliphatic rings. The fourth-order valence-corrected chi connectivity index (χ4v) is 3.05. The maximum atomic E-state index is 13.0. The van der Waals surface area contributed by atoms with Crippen LogP contribution >= 0.6 is 0 Å². The van der Waals surface area contributed by atoms with E-state index in [0.717, 1.165) is 16.7 Å². The molecule has 0 radical (unpaired) electrons. The second-order valence-corrected chi connectivity index (χ2v) is 9.09. The van der Waals surface area contributed by atoms with Crippen LogP contribution in [0.5, 0.6) is 5.88 Å². The molecule has 0 saturated carbocycles. The van der Waals surface area contributed by atoms with Gasteiger partial charge in [0, 0.05) is 30.4 Å². The van der Waals surface area contributed by atoms with Gasteiger partial charge in [0.25, 0.3) is 0 Å². The van der Waals surface area contributed by atoms with Gasteiger partial charge in [0.15, 0.2) is 0 Å². The van der Waals surface area contributed by atoms with Crippen molar-refractivity contribution in [2.45, 2.75) is 39.3 Å². The van der Waals surface area contributed by atoms with Crippen molar-refractivity contribution in [3.05, 3.63) is 72.1 Å². The number of benzene rings is 1. The zero-order chi connectivity index (χ0) is 26.3. The number of ether oxygens (including phenoxy) is 2. The third-order valence-electron chi connectivity index (χ3n) is 5.11. The Kier molecular flexibility index (Phi) is 8.28. The van der Waals surface area contributed by atoms with Crippen LogP contribution in [0.25, 0.3) is 11.1 Å². The molecule has 1 aromatic carbocycles. The smallest absolute Gasteiger partial charge is 0.410 e. The maximum absolute atomic E-state index is 13.0. The normalized spacial score (nSPS) is 11.5. The Labute approximate surface area is 211 Å². The average molecular weight is 487 g/mol. The summed E-state index contributed by atoms with van der Waals surface area (Å²) in [5.74, 6) is 6.52. The molecule has 186 valence electrons. The van der Waals surface area contributed by atoms with Gasteiger partial charge in [-0.1, -0.05) is 24.1 Å². The van der Waals surface area contributed by atoms with Crippen molar-refractivity contribution in [3.63, 3.8) is 0 Å². The minimum absolute atomic E-state index is 0.301. The number of anilines is 1. The molecule has 2 amide bonds. The highest BCUT2D eigenvalue weighted by atomic mass is 16.6. The number of hydrogen-bond donors (Lipinski definition) is 1. The summed E-state index contributed by atoms with van der Waals surface area (Å²) in [5, 5.41) is 2.80. The van der Waals surface area contributed by atoms with E-state index in [2.05, 4.69) is 27.1 Å². The molecule has 3 aromatic rings. The van der Waals surface area contributed by atoms with Gasteiger partial charge in [0.05, 0.1) is 7.11 Å². The van der Waals surface area contributed by atoms with Crippen LogP contribution in [0.4, 0.5) is 10.6 Å². The lowest BCUT2D eigenvalue weighted by Gasteiger charge is -2.28. The monoisotopic (exact) mass is 486 g/mol. The molecule has 3 rings (SSSR count). The number of aromatic nitrogens is 2. The molecule has 0 aliphatic carbocycles. The van der Waals surface area contributed by atoms with Gasteiger partial charge in [-0.3, -0.25) is 9.69 Å². The summed E-state index contributed by atoms with van der Waals surface area (Å²) >= 11 is 0. The molecule has 2 heterocycles. The number of carbonyl (C=O) groups is 2. The lowest BCUT2D eigenvalue weighted by Crippen LogP contribution is -2.45. The molecule has 0 spiro atoms. The largest absolute Gasteiger partial charge is 0.481 e. The van der Waals surface area contributed by atoms with Crippen molar-refractivity contribution in [1.82, 2.24) is 14.9 Å².